The second kappa shape index (κ2) is 6.02. The number of ether oxygens (including phenoxy) is 1. The molecular formula is C15H19ClN2O2. The van der Waals surface area contributed by atoms with Crippen LogP contribution in [0.2, 0.25) is 5.02 Å². The Hall–Kier alpha value is -1.26. The highest BCUT2D eigenvalue weighted by Crippen LogP contribution is 2.30. The summed E-state index contributed by atoms with van der Waals surface area (Å²) < 4.78 is 5.40. The fourth-order valence-electron chi connectivity index (χ4n) is 2.54. The molecule has 2 fully saturated rings. The second-order valence-electron chi connectivity index (χ2n) is 5.52. The zero-order valence-corrected chi connectivity index (χ0v) is 12.1. The summed E-state index contributed by atoms with van der Waals surface area (Å²) in [5.74, 6) is 0.465. The first kappa shape index (κ1) is 13.7. The highest BCUT2D eigenvalue weighted by molar-refractivity contribution is 6.33. The summed E-state index contributed by atoms with van der Waals surface area (Å²) in [6.45, 7) is 2.36. The lowest BCUT2D eigenvalue weighted by Crippen LogP contribution is -2.40. The summed E-state index contributed by atoms with van der Waals surface area (Å²) in [4.78, 5) is 14.4. The van der Waals surface area contributed by atoms with Crippen LogP contribution in [-0.2, 0) is 4.74 Å². The Balaban J connectivity index is 1.64. The number of para-hydroxylation sites is 1. The van der Waals surface area contributed by atoms with Gasteiger partial charge in [0.2, 0.25) is 0 Å². The van der Waals surface area contributed by atoms with E-state index in [2.05, 4.69) is 5.32 Å². The zero-order chi connectivity index (χ0) is 13.9. The molecule has 1 atom stereocenters. The van der Waals surface area contributed by atoms with Gasteiger partial charge in [0.25, 0.3) is 0 Å². The summed E-state index contributed by atoms with van der Waals surface area (Å²) in [7, 11) is 0. The lowest BCUT2D eigenvalue weighted by Gasteiger charge is -2.25. The average Bonchev–Trinajstić information content (AvgIpc) is 3.15. The third kappa shape index (κ3) is 3.25. The van der Waals surface area contributed by atoms with E-state index >= 15 is 0 Å². The number of nitrogens with zero attached hydrogens (tertiary/aromatic N) is 1. The van der Waals surface area contributed by atoms with Crippen LogP contribution in [0.5, 0.6) is 0 Å². The Morgan fingerprint density at radius 2 is 2.15 bits per heavy atom. The van der Waals surface area contributed by atoms with Gasteiger partial charge >= 0.3 is 6.03 Å². The van der Waals surface area contributed by atoms with Crippen LogP contribution in [0.4, 0.5) is 10.5 Å². The van der Waals surface area contributed by atoms with E-state index in [1.54, 1.807) is 6.07 Å². The van der Waals surface area contributed by atoms with E-state index in [0.717, 1.165) is 39.0 Å². The van der Waals surface area contributed by atoms with Crippen LogP contribution in [0, 0.1) is 5.92 Å². The molecule has 3 rings (SSSR count). The van der Waals surface area contributed by atoms with Crippen LogP contribution in [0.15, 0.2) is 24.3 Å². The number of nitrogens with one attached hydrogen (secondary N) is 1. The molecule has 1 aromatic carbocycles. The Kier molecular flexibility index (Phi) is 4.13. The van der Waals surface area contributed by atoms with Gasteiger partial charge < -0.3 is 15.0 Å². The van der Waals surface area contributed by atoms with Gasteiger partial charge in [0.15, 0.2) is 0 Å². The Bertz CT molecular complexity index is 485. The van der Waals surface area contributed by atoms with Crippen molar-refractivity contribution >= 4 is 23.3 Å². The average molecular weight is 295 g/mol. The first-order valence-electron chi connectivity index (χ1n) is 7.14. The summed E-state index contributed by atoms with van der Waals surface area (Å²) >= 11 is 6.09. The number of anilines is 1. The minimum Gasteiger partial charge on any atom is -0.381 e. The Labute approximate surface area is 124 Å². The van der Waals surface area contributed by atoms with Crippen molar-refractivity contribution in [2.75, 3.05) is 25.1 Å². The molecule has 1 aliphatic carbocycles. The summed E-state index contributed by atoms with van der Waals surface area (Å²) in [5.41, 5.74) is 0.674. The third-order valence-corrected chi connectivity index (χ3v) is 4.17. The van der Waals surface area contributed by atoms with Gasteiger partial charge in [-0.15, -0.1) is 0 Å². The van der Waals surface area contributed by atoms with Crippen LogP contribution in [0.3, 0.4) is 0 Å². The number of hydrogen-bond donors (Lipinski definition) is 1. The highest BCUT2D eigenvalue weighted by atomic mass is 35.5. The number of amides is 2. The zero-order valence-electron chi connectivity index (χ0n) is 11.3. The maximum Gasteiger partial charge on any atom is 0.322 e. The van der Waals surface area contributed by atoms with Crippen molar-refractivity contribution in [2.24, 2.45) is 5.92 Å². The fraction of sp³-hybridized carbons (Fsp3) is 0.533. The van der Waals surface area contributed by atoms with Gasteiger partial charge in [0, 0.05) is 25.1 Å². The quantitative estimate of drug-likeness (QED) is 0.925. The predicted molar refractivity (Wildman–Crippen MR) is 79.1 cm³/mol. The molecule has 1 saturated heterocycles. The van der Waals surface area contributed by atoms with Crippen LogP contribution >= 0.6 is 11.6 Å². The number of hydrogen-bond acceptors (Lipinski definition) is 2. The van der Waals surface area contributed by atoms with Crippen LogP contribution < -0.4 is 5.32 Å². The van der Waals surface area contributed by atoms with E-state index < -0.39 is 0 Å². The van der Waals surface area contributed by atoms with Crippen molar-refractivity contribution in [3.05, 3.63) is 29.3 Å². The van der Waals surface area contributed by atoms with Crippen LogP contribution in [0.25, 0.3) is 0 Å². The standard InChI is InChI=1S/C15H19ClN2O2/c16-13-3-1-2-4-14(13)17-15(19)18(12-5-6-12)9-11-7-8-20-10-11/h1-4,11-12H,5-10H2,(H,17,19)/t11-/m0/s1. The van der Waals surface area contributed by atoms with E-state index in [0.29, 0.717) is 22.7 Å². The number of urea groups is 1. The molecule has 2 aliphatic rings. The summed E-state index contributed by atoms with van der Waals surface area (Å²) in [6.07, 6.45) is 3.25. The van der Waals surface area contributed by atoms with Crippen molar-refractivity contribution < 1.29 is 9.53 Å². The number of benzene rings is 1. The summed E-state index contributed by atoms with van der Waals surface area (Å²) in [5, 5.41) is 3.49. The maximum atomic E-state index is 12.4. The molecule has 1 aromatic rings. The molecule has 1 saturated carbocycles. The van der Waals surface area contributed by atoms with Gasteiger partial charge in [0.05, 0.1) is 17.3 Å². The molecule has 0 bridgehead atoms. The monoisotopic (exact) mass is 294 g/mol. The Morgan fingerprint density at radius 3 is 2.80 bits per heavy atom. The van der Waals surface area contributed by atoms with E-state index in [1.807, 2.05) is 23.1 Å². The number of carbonyl (C=O) groups excluding carboxylic acids is 1. The second-order valence-corrected chi connectivity index (χ2v) is 5.93. The first-order valence-corrected chi connectivity index (χ1v) is 7.52. The fourth-order valence-corrected chi connectivity index (χ4v) is 2.72. The van der Waals surface area contributed by atoms with Crippen molar-refractivity contribution in [3.8, 4) is 0 Å². The topological polar surface area (TPSA) is 41.6 Å². The molecule has 0 spiro atoms. The molecule has 2 amide bonds. The van der Waals surface area contributed by atoms with E-state index in [9.17, 15) is 4.79 Å². The van der Waals surface area contributed by atoms with E-state index in [-0.39, 0.29) is 6.03 Å². The molecule has 0 radical (unpaired) electrons. The lowest BCUT2D eigenvalue weighted by atomic mass is 10.1. The molecule has 20 heavy (non-hydrogen) atoms. The van der Waals surface area contributed by atoms with Crippen molar-refractivity contribution in [2.45, 2.75) is 25.3 Å². The first-order chi connectivity index (χ1) is 9.74. The van der Waals surface area contributed by atoms with E-state index in [1.165, 1.54) is 0 Å². The van der Waals surface area contributed by atoms with E-state index in [4.69, 9.17) is 16.3 Å². The molecule has 5 heteroatoms. The molecule has 0 aromatic heterocycles. The molecule has 108 valence electrons. The van der Waals surface area contributed by atoms with Gasteiger partial charge in [-0.3, -0.25) is 0 Å². The Morgan fingerprint density at radius 1 is 1.35 bits per heavy atom. The molecule has 0 unspecified atom stereocenters. The van der Waals surface area contributed by atoms with Gasteiger partial charge in [-0.25, -0.2) is 4.79 Å². The third-order valence-electron chi connectivity index (χ3n) is 3.84. The predicted octanol–water partition coefficient (Wildman–Crippen LogP) is 3.37. The molecular weight excluding hydrogens is 276 g/mol. The van der Waals surface area contributed by atoms with Crippen molar-refractivity contribution in [1.29, 1.82) is 0 Å². The van der Waals surface area contributed by atoms with Gasteiger partial charge in [-0.05, 0) is 31.4 Å². The number of carbonyl (C=O) groups is 1. The maximum absolute atomic E-state index is 12.4. The number of halogens is 1. The summed E-state index contributed by atoms with van der Waals surface area (Å²) in [6, 6.07) is 7.67. The van der Waals surface area contributed by atoms with Gasteiger partial charge in [0.1, 0.15) is 0 Å². The highest BCUT2D eigenvalue weighted by Gasteiger charge is 2.35. The molecule has 1 heterocycles. The minimum atomic E-state index is -0.0486. The smallest absolute Gasteiger partial charge is 0.322 e. The largest absolute Gasteiger partial charge is 0.381 e. The molecule has 1 aliphatic heterocycles. The molecule has 1 N–H and O–H groups in total. The molecule has 4 nitrogen and oxygen atoms in total. The lowest BCUT2D eigenvalue weighted by molar-refractivity contribution is 0.167. The minimum absolute atomic E-state index is 0.0486. The SMILES string of the molecule is O=C(Nc1ccccc1Cl)N(C[C@@H]1CCOC1)C1CC1. The van der Waals surface area contributed by atoms with Gasteiger partial charge in [-0.2, -0.15) is 0 Å². The number of rotatable bonds is 4. The van der Waals surface area contributed by atoms with Crippen molar-refractivity contribution in [1.82, 2.24) is 4.90 Å². The van der Waals surface area contributed by atoms with Crippen molar-refractivity contribution in [3.63, 3.8) is 0 Å². The normalized spacial score (nSPS) is 21.8. The van der Waals surface area contributed by atoms with Crippen LogP contribution in [0.1, 0.15) is 19.3 Å². The van der Waals surface area contributed by atoms with Gasteiger partial charge in [-0.1, -0.05) is 23.7 Å². The van der Waals surface area contributed by atoms with Crippen LogP contribution in [-0.4, -0.2) is 36.7 Å².